The molecule has 3 N–H and O–H groups in total. The van der Waals surface area contributed by atoms with Gasteiger partial charge in [-0.3, -0.25) is 9.52 Å². The minimum atomic E-state index is -4.04. The largest absolute Gasteiger partial charge is 0.392 e. The Labute approximate surface area is 193 Å². The second-order valence-electron chi connectivity index (χ2n) is 7.22. The van der Waals surface area contributed by atoms with Gasteiger partial charge in [-0.05, 0) is 72.1 Å². The first kappa shape index (κ1) is 22.3. The van der Waals surface area contributed by atoms with Gasteiger partial charge >= 0.3 is 0 Å². The lowest BCUT2D eigenvalue weighted by Crippen LogP contribution is -2.19. The molecule has 0 saturated heterocycles. The summed E-state index contributed by atoms with van der Waals surface area (Å²) in [5.74, 6) is -0.531. The number of pyridine rings is 1. The van der Waals surface area contributed by atoms with Crippen molar-refractivity contribution in [3.8, 4) is 0 Å². The molecule has 0 unspecified atom stereocenters. The Bertz CT molecular complexity index is 1440. The zero-order valence-corrected chi connectivity index (χ0v) is 19.9. The van der Waals surface area contributed by atoms with Crippen LogP contribution in [0.2, 0.25) is 0 Å². The normalized spacial score (nSPS) is 11.6. The van der Waals surface area contributed by atoms with E-state index in [1.54, 1.807) is 17.6 Å². The summed E-state index contributed by atoms with van der Waals surface area (Å²) >= 11 is 2.21. The topological polar surface area (TPSA) is 121 Å². The van der Waals surface area contributed by atoms with Gasteiger partial charge in [-0.25, -0.2) is 13.4 Å². The maximum atomic E-state index is 13.1. The van der Waals surface area contributed by atoms with E-state index >= 15 is 0 Å². The van der Waals surface area contributed by atoms with Crippen LogP contribution in [0.1, 0.15) is 31.9 Å². The summed E-state index contributed by atoms with van der Waals surface area (Å²) in [6.45, 7) is 5.42. The molecule has 8 nitrogen and oxygen atoms in total. The number of hydrogen-bond donors (Lipinski definition) is 3. The number of rotatable bonds is 6. The lowest BCUT2D eigenvalue weighted by Gasteiger charge is -2.17. The van der Waals surface area contributed by atoms with Gasteiger partial charge in [0.05, 0.1) is 23.9 Å². The standard InChI is InChI=1S/C21H20N4O4S3/c1-11-8-12(2)18(13(3)15(11)10-26)24-20(27)19-17(5-7-30-19)32(28,29)25-16-4-6-22-21-14(16)9-23-31-21/h4-9,26H,10H2,1-3H3,(H,22,25)(H,24,27). The zero-order chi connectivity index (χ0) is 23.0. The number of aliphatic hydroxyl groups is 1. The van der Waals surface area contributed by atoms with Crippen molar-refractivity contribution in [2.75, 3.05) is 10.0 Å². The van der Waals surface area contributed by atoms with E-state index in [9.17, 15) is 18.3 Å². The summed E-state index contributed by atoms with van der Waals surface area (Å²) in [7, 11) is -4.04. The molecule has 4 aromatic rings. The summed E-state index contributed by atoms with van der Waals surface area (Å²) in [4.78, 5) is 17.8. The number of sulfonamides is 1. The molecule has 4 rings (SSSR count). The van der Waals surface area contributed by atoms with Crippen molar-refractivity contribution < 1.29 is 18.3 Å². The number of anilines is 2. The van der Waals surface area contributed by atoms with E-state index in [1.165, 1.54) is 23.8 Å². The summed E-state index contributed by atoms with van der Waals surface area (Å²) < 4.78 is 32.9. The number of fused-ring (bicyclic) bond motifs is 1. The van der Waals surface area contributed by atoms with Gasteiger partial charge in [0.15, 0.2) is 0 Å². The van der Waals surface area contributed by atoms with Crippen molar-refractivity contribution in [2.45, 2.75) is 32.3 Å². The highest BCUT2D eigenvalue weighted by molar-refractivity contribution is 7.93. The van der Waals surface area contributed by atoms with Gasteiger partial charge < -0.3 is 10.4 Å². The number of carbonyl (C=O) groups excluding carboxylic acids is 1. The molecule has 0 bridgehead atoms. The molecule has 0 aliphatic heterocycles. The van der Waals surface area contributed by atoms with Crippen molar-refractivity contribution in [3.05, 3.63) is 63.1 Å². The summed E-state index contributed by atoms with van der Waals surface area (Å²) in [5, 5.41) is 14.7. The number of aliphatic hydroxyl groups excluding tert-OH is 1. The molecule has 1 aromatic carbocycles. The molecule has 32 heavy (non-hydrogen) atoms. The number of aryl methyl sites for hydroxylation is 2. The van der Waals surface area contributed by atoms with Gasteiger partial charge in [0.25, 0.3) is 15.9 Å². The Morgan fingerprint density at radius 3 is 2.72 bits per heavy atom. The fourth-order valence-electron chi connectivity index (χ4n) is 3.58. The summed E-state index contributed by atoms with van der Waals surface area (Å²) in [6.07, 6.45) is 3.05. The fraction of sp³-hybridized carbons (Fsp3) is 0.190. The van der Waals surface area contributed by atoms with Gasteiger partial charge in [-0.1, -0.05) is 6.07 Å². The van der Waals surface area contributed by atoms with E-state index in [-0.39, 0.29) is 16.4 Å². The molecule has 166 valence electrons. The molecule has 0 aliphatic rings. The first-order valence-electron chi connectivity index (χ1n) is 9.54. The second kappa shape index (κ2) is 8.58. The molecular weight excluding hydrogens is 468 g/mol. The SMILES string of the molecule is Cc1cc(C)c(NC(=O)c2sccc2S(=O)(=O)Nc2ccnc3sncc23)c(C)c1CO. The molecule has 3 aromatic heterocycles. The monoisotopic (exact) mass is 488 g/mol. The average Bonchev–Trinajstić information content (AvgIpc) is 3.41. The van der Waals surface area contributed by atoms with Crippen molar-refractivity contribution in [3.63, 3.8) is 0 Å². The van der Waals surface area contributed by atoms with E-state index in [2.05, 4.69) is 19.4 Å². The smallest absolute Gasteiger partial charge is 0.267 e. The highest BCUT2D eigenvalue weighted by atomic mass is 32.2. The van der Waals surface area contributed by atoms with Crippen LogP contribution in [0.5, 0.6) is 0 Å². The quantitative estimate of drug-likeness (QED) is 0.374. The minimum Gasteiger partial charge on any atom is -0.392 e. The zero-order valence-electron chi connectivity index (χ0n) is 17.5. The van der Waals surface area contributed by atoms with Crippen molar-refractivity contribution in [2.24, 2.45) is 0 Å². The maximum absolute atomic E-state index is 13.1. The number of hydrogen-bond acceptors (Lipinski definition) is 8. The fourth-order valence-corrected chi connectivity index (χ4v) is 6.61. The van der Waals surface area contributed by atoms with E-state index in [4.69, 9.17) is 0 Å². The Morgan fingerprint density at radius 2 is 1.97 bits per heavy atom. The van der Waals surface area contributed by atoms with Crippen molar-refractivity contribution in [1.29, 1.82) is 0 Å². The van der Waals surface area contributed by atoms with Crippen LogP contribution in [0.15, 0.2) is 40.9 Å². The van der Waals surface area contributed by atoms with Crippen molar-refractivity contribution >= 4 is 60.4 Å². The van der Waals surface area contributed by atoms with Gasteiger partial charge in [0.2, 0.25) is 0 Å². The molecule has 0 atom stereocenters. The van der Waals surface area contributed by atoms with Crippen LogP contribution in [0.3, 0.4) is 0 Å². The van der Waals surface area contributed by atoms with E-state index in [1.807, 2.05) is 26.8 Å². The molecule has 0 radical (unpaired) electrons. The third kappa shape index (κ3) is 3.99. The van der Waals surface area contributed by atoms with Gasteiger partial charge in [0.1, 0.15) is 14.6 Å². The Kier molecular flexibility index (Phi) is 5.99. The molecule has 0 spiro atoms. The van der Waals surface area contributed by atoms with Crippen LogP contribution >= 0.6 is 22.9 Å². The van der Waals surface area contributed by atoms with Crippen LogP contribution in [-0.4, -0.2) is 28.8 Å². The average molecular weight is 489 g/mol. The highest BCUT2D eigenvalue weighted by Crippen LogP contribution is 2.31. The number of benzene rings is 1. The number of amides is 1. The van der Waals surface area contributed by atoms with Crippen LogP contribution in [-0.2, 0) is 16.6 Å². The minimum absolute atomic E-state index is 0.0659. The number of thiophene rings is 1. The first-order chi connectivity index (χ1) is 15.2. The number of aromatic nitrogens is 2. The molecule has 0 aliphatic carbocycles. The lowest BCUT2D eigenvalue weighted by molar-refractivity contribution is 0.102. The van der Waals surface area contributed by atoms with Gasteiger partial charge in [0, 0.05) is 11.9 Å². The third-order valence-corrected chi connectivity index (χ3v) is 8.33. The Hall–Kier alpha value is -2.86. The van der Waals surface area contributed by atoms with Gasteiger partial charge in [-0.15, -0.1) is 11.3 Å². The van der Waals surface area contributed by atoms with Crippen molar-refractivity contribution in [1.82, 2.24) is 9.36 Å². The lowest BCUT2D eigenvalue weighted by atomic mass is 9.97. The van der Waals surface area contributed by atoms with Crippen LogP contribution in [0, 0.1) is 20.8 Å². The van der Waals surface area contributed by atoms with E-state index < -0.39 is 15.9 Å². The Balaban J connectivity index is 1.67. The second-order valence-corrected chi connectivity index (χ2v) is 10.6. The molecule has 0 fully saturated rings. The highest BCUT2D eigenvalue weighted by Gasteiger charge is 2.26. The third-order valence-electron chi connectivity index (χ3n) is 5.17. The molecule has 1 amide bonds. The van der Waals surface area contributed by atoms with E-state index in [0.717, 1.165) is 33.6 Å². The molecular formula is C21H20N4O4S3. The van der Waals surface area contributed by atoms with Crippen LogP contribution < -0.4 is 10.0 Å². The van der Waals surface area contributed by atoms with E-state index in [0.29, 0.717) is 21.6 Å². The Morgan fingerprint density at radius 1 is 1.19 bits per heavy atom. The number of carbonyl (C=O) groups is 1. The number of nitrogens with zero attached hydrogens (tertiary/aromatic N) is 2. The van der Waals surface area contributed by atoms with Gasteiger partial charge in [-0.2, -0.15) is 4.37 Å². The first-order valence-corrected chi connectivity index (χ1v) is 12.7. The number of nitrogens with one attached hydrogen (secondary N) is 2. The predicted molar refractivity (Wildman–Crippen MR) is 127 cm³/mol. The maximum Gasteiger partial charge on any atom is 0.267 e. The predicted octanol–water partition coefficient (Wildman–Crippen LogP) is 4.22. The molecule has 11 heteroatoms. The summed E-state index contributed by atoms with van der Waals surface area (Å²) in [5.41, 5.74) is 4.15. The molecule has 3 heterocycles. The van der Waals surface area contributed by atoms with Crippen LogP contribution in [0.4, 0.5) is 11.4 Å². The summed E-state index contributed by atoms with van der Waals surface area (Å²) in [6, 6.07) is 4.83. The molecule has 0 saturated carbocycles. The van der Waals surface area contributed by atoms with Crippen LogP contribution in [0.25, 0.3) is 10.2 Å².